The molecule has 0 unspecified atom stereocenters. The molecule has 1 aromatic carbocycles. The van der Waals surface area contributed by atoms with Crippen molar-refractivity contribution in [3.8, 4) is 11.4 Å². The van der Waals surface area contributed by atoms with Crippen molar-refractivity contribution in [3.05, 3.63) is 29.8 Å². The van der Waals surface area contributed by atoms with Gasteiger partial charge in [-0.2, -0.15) is 5.21 Å². The number of carbonyl (C=O) groups excluding carboxylic acids is 1. The fourth-order valence-corrected chi connectivity index (χ4v) is 3.04. The van der Waals surface area contributed by atoms with Crippen molar-refractivity contribution >= 4 is 5.91 Å². The number of tetrazole rings is 1. The van der Waals surface area contributed by atoms with Gasteiger partial charge in [0.15, 0.2) is 0 Å². The van der Waals surface area contributed by atoms with Crippen LogP contribution in [-0.2, 0) is 16.1 Å². The zero-order valence-electron chi connectivity index (χ0n) is 13.7. The van der Waals surface area contributed by atoms with Crippen molar-refractivity contribution in [2.75, 3.05) is 26.8 Å². The Labute approximate surface area is 140 Å². The lowest BCUT2D eigenvalue weighted by Crippen LogP contribution is -2.49. The molecular formula is C16H22N6O2. The first-order valence-electron chi connectivity index (χ1n) is 8.04. The standard InChI is InChI=1S/C16H22N6O2/c1-24-11-16(6-8-17-9-7-16)15(23)18-10-12-2-4-13(5-3-12)14-19-21-22-20-14/h2-5,17H,6-11H2,1H3,(H,18,23)(H,19,20,21,22). The summed E-state index contributed by atoms with van der Waals surface area (Å²) < 4.78 is 5.30. The van der Waals surface area contributed by atoms with Crippen LogP contribution in [0.5, 0.6) is 0 Å². The molecule has 0 radical (unpaired) electrons. The molecule has 0 spiro atoms. The first kappa shape index (κ1) is 16.5. The number of H-pyrrole nitrogens is 1. The first-order chi connectivity index (χ1) is 11.7. The van der Waals surface area contributed by atoms with E-state index in [-0.39, 0.29) is 5.91 Å². The highest BCUT2D eigenvalue weighted by Crippen LogP contribution is 2.29. The molecule has 0 bridgehead atoms. The summed E-state index contributed by atoms with van der Waals surface area (Å²) in [7, 11) is 1.65. The third-order valence-electron chi connectivity index (χ3n) is 4.47. The van der Waals surface area contributed by atoms with Crippen LogP contribution in [0.1, 0.15) is 18.4 Å². The number of benzene rings is 1. The third kappa shape index (κ3) is 3.60. The molecule has 1 amide bonds. The Balaban J connectivity index is 1.61. The van der Waals surface area contributed by atoms with Crippen molar-refractivity contribution in [3.63, 3.8) is 0 Å². The zero-order chi connectivity index (χ0) is 16.8. The number of amides is 1. The number of aromatic amines is 1. The molecule has 2 heterocycles. The highest BCUT2D eigenvalue weighted by Gasteiger charge is 2.39. The third-order valence-corrected chi connectivity index (χ3v) is 4.47. The number of nitrogens with zero attached hydrogens (tertiary/aromatic N) is 3. The van der Waals surface area contributed by atoms with E-state index in [1.165, 1.54) is 0 Å². The number of hydrogen-bond acceptors (Lipinski definition) is 6. The Kier molecular flexibility index (Phi) is 5.17. The summed E-state index contributed by atoms with van der Waals surface area (Å²) in [6, 6.07) is 7.75. The zero-order valence-corrected chi connectivity index (χ0v) is 13.7. The Hall–Kier alpha value is -2.32. The molecule has 128 valence electrons. The van der Waals surface area contributed by atoms with Crippen LogP contribution < -0.4 is 10.6 Å². The quantitative estimate of drug-likeness (QED) is 0.712. The van der Waals surface area contributed by atoms with E-state index in [0.717, 1.165) is 37.1 Å². The van der Waals surface area contributed by atoms with Gasteiger partial charge in [0.25, 0.3) is 0 Å². The lowest BCUT2D eigenvalue weighted by molar-refractivity contribution is -0.136. The van der Waals surface area contributed by atoms with E-state index in [0.29, 0.717) is 19.0 Å². The van der Waals surface area contributed by atoms with Crippen molar-refractivity contribution in [1.82, 2.24) is 31.3 Å². The number of carbonyl (C=O) groups is 1. The molecule has 3 N–H and O–H groups in total. The van der Waals surface area contributed by atoms with Crippen LogP contribution in [0.2, 0.25) is 0 Å². The molecule has 8 nitrogen and oxygen atoms in total. The summed E-state index contributed by atoms with van der Waals surface area (Å²) in [6.45, 7) is 2.63. The average molecular weight is 330 g/mol. The molecule has 0 aliphatic carbocycles. The van der Waals surface area contributed by atoms with Gasteiger partial charge in [-0.15, -0.1) is 10.2 Å². The van der Waals surface area contributed by atoms with Gasteiger partial charge in [0, 0.05) is 19.2 Å². The van der Waals surface area contributed by atoms with Gasteiger partial charge >= 0.3 is 0 Å². The summed E-state index contributed by atoms with van der Waals surface area (Å²) in [6.07, 6.45) is 1.59. The van der Waals surface area contributed by atoms with Crippen LogP contribution in [0.3, 0.4) is 0 Å². The maximum absolute atomic E-state index is 12.7. The van der Waals surface area contributed by atoms with Crippen molar-refractivity contribution in [1.29, 1.82) is 0 Å². The van der Waals surface area contributed by atoms with Crippen molar-refractivity contribution < 1.29 is 9.53 Å². The highest BCUT2D eigenvalue weighted by atomic mass is 16.5. The Bertz CT molecular complexity index is 644. The van der Waals surface area contributed by atoms with E-state index < -0.39 is 5.41 Å². The van der Waals surface area contributed by atoms with Crippen LogP contribution in [0.25, 0.3) is 11.4 Å². The number of ether oxygens (including phenoxy) is 1. The fraction of sp³-hybridized carbons (Fsp3) is 0.500. The van der Waals surface area contributed by atoms with Crippen LogP contribution in [0, 0.1) is 5.41 Å². The molecule has 0 saturated carbocycles. The van der Waals surface area contributed by atoms with Gasteiger partial charge in [0.05, 0.1) is 12.0 Å². The van der Waals surface area contributed by atoms with E-state index in [1.807, 2.05) is 24.3 Å². The second-order valence-electron chi connectivity index (χ2n) is 6.08. The van der Waals surface area contributed by atoms with Gasteiger partial charge in [-0.3, -0.25) is 4.79 Å². The minimum absolute atomic E-state index is 0.0631. The van der Waals surface area contributed by atoms with E-state index in [1.54, 1.807) is 7.11 Å². The average Bonchev–Trinajstić information content (AvgIpc) is 3.16. The van der Waals surface area contributed by atoms with Gasteiger partial charge in [-0.1, -0.05) is 24.3 Å². The molecule has 24 heavy (non-hydrogen) atoms. The molecule has 8 heteroatoms. The van der Waals surface area contributed by atoms with Crippen molar-refractivity contribution in [2.24, 2.45) is 5.41 Å². The summed E-state index contributed by atoms with van der Waals surface area (Å²) in [4.78, 5) is 12.7. The summed E-state index contributed by atoms with van der Waals surface area (Å²) in [5, 5.41) is 20.2. The molecule has 1 saturated heterocycles. The topological polar surface area (TPSA) is 105 Å². The minimum Gasteiger partial charge on any atom is -0.384 e. The van der Waals surface area contributed by atoms with Gasteiger partial charge in [0.1, 0.15) is 0 Å². The summed E-state index contributed by atoms with van der Waals surface area (Å²) in [5.41, 5.74) is 1.48. The van der Waals surface area contributed by atoms with E-state index in [2.05, 4.69) is 31.3 Å². The molecule has 1 aromatic heterocycles. The maximum Gasteiger partial charge on any atom is 0.228 e. The van der Waals surface area contributed by atoms with Gasteiger partial charge in [-0.25, -0.2) is 0 Å². The fourth-order valence-electron chi connectivity index (χ4n) is 3.04. The number of rotatable bonds is 6. The molecular weight excluding hydrogens is 308 g/mol. The summed E-state index contributed by atoms with van der Waals surface area (Å²) in [5.74, 6) is 0.618. The summed E-state index contributed by atoms with van der Waals surface area (Å²) >= 11 is 0. The first-order valence-corrected chi connectivity index (χ1v) is 8.04. The number of hydrogen-bond donors (Lipinski definition) is 3. The predicted octanol–water partition coefficient (Wildman–Crippen LogP) is 0.499. The highest BCUT2D eigenvalue weighted by molar-refractivity contribution is 5.83. The van der Waals surface area contributed by atoms with Gasteiger partial charge in [-0.05, 0) is 36.7 Å². The Morgan fingerprint density at radius 2 is 2.04 bits per heavy atom. The van der Waals surface area contributed by atoms with Crippen LogP contribution in [0.4, 0.5) is 0 Å². The largest absolute Gasteiger partial charge is 0.384 e. The molecule has 1 aliphatic rings. The monoisotopic (exact) mass is 330 g/mol. The van der Waals surface area contributed by atoms with Gasteiger partial charge in [0.2, 0.25) is 11.7 Å². The van der Waals surface area contributed by atoms with Gasteiger partial charge < -0.3 is 15.4 Å². The molecule has 2 aromatic rings. The van der Waals surface area contributed by atoms with Crippen LogP contribution in [0.15, 0.2) is 24.3 Å². The Morgan fingerprint density at radius 3 is 2.67 bits per heavy atom. The molecule has 0 atom stereocenters. The molecule has 3 rings (SSSR count). The number of piperidine rings is 1. The number of methoxy groups -OCH3 is 1. The number of nitrogens with one attached hydrogen (secondary N) is 3. The smallest absolute Gasteiger partial charge is 0.228 e. The predicted molar refractivity (Wildman–Crippen MR) is 87.9 cm³/mol. The van der Waals surface area contributed by atoms with E-state index in [4.69, 9.17) is 4.74 Å². The second kappa shape index (κ2) is 7.50. The maximum atomic E-state index is 12.7. The van der Waals surface area contributed by atoms with E-state index >= 15 is 0 Å². The second-order valence-corrected chi connectivity index (χ2v) is 6.08. The molecule has 1 aliphatic heterocycles. The van der Waals surface area contributed by atoms with Crippen LogP contribution in [-0.4, -0.2) is 53.3 Å². The minimum atomic E-state index is -0.426. The SMILES string of the molecule is COCC1(C(=O)NCc2ccc(-c3nn[nH]n3)cc2)CCNCC1. The number of aromatic nitrogens is 4. The lowest BCUT2D eigenvalue weighted by Gasteiger charge is -2.35. The normalized spacial score (nSPS) is 16.7. The molecule has 1 fully saturated rings. The van der Waals surface area contributed by atoms with E-state index in [9.17, 15) is 4.79 Å². The van der Waals surface area contributed by atoms with Crippen LogP contribution >= 0.6 is 0 Å². The van der Waals surface area contributed by atoms with Crippen molar-refractivity contribution in [2.45, 2.75) is 19.4 Å². The lowest BCUT2D eigenvalue weighted by atomic mass is 9.78. The Morgan fingerprint density at radius 1 is 1.29 bits per heavy atom.